The Morgan fingerprint density at radius 1 is 1.38 bits per heavy atom. The molecule has 2 rings (SSSR count). The highest BCUT2D eigenvalue weighted by Gasteiger charge is 2.32. The lowest BCUT2D eigenvalue weighted by atomic mass is 10.2. The van der Waals surface area contributed by atoms with Crippen molar-refractivity contribution in [2.45, 2.75) is 6.18 Å². The summed E-state index contributed by atoms with van der Waals surface area (Å²) in [4.78, 5) is 3.53. The number of aryl methyl sites for hydroxylation is 1. The maximum Gasteiger partial charge on any atom is 0.416 e. The van der Waals surface area contributed by atoms with Crippen molar-refractivity contribution < 1.29 is 18.3 Å². The lowest BCUT2D eigenvalue weighted by Crippen LogP contribution is -2.04. The Labute approximate surface area is 96.6 Å². The van der Waals surface area contributed by atoms with Gasteiger partial charge < -0.3 is 0 Å². The molecule has 1 aromatic carbocycles. The van der Waals surface area contributed by atoms with Gasteiger partial charge in [-0.25, -0.2) is 5.11 Å². The molecule has 0 aliphatic heterocycles. The summed E-state index contributed by atoms with van der Waals surface area (Å²) < 4.78 is 38.8. The lowest BCUT2D eigenvalue weighted by molar-refractivity contribution is -0.137. The van der Waals surface area contributed by atoms with Crippen molar-refractivity contribution >= 4 is 27.0 Å². The summed E-state index contributed by atoms with van der Waals surface area (Å²) in [5.74, 6) is 0. The minimum Gasteiger partial charge on any atom is -0.292 e. The number of aromatic nitrogens is 2. The second-order valence-electron chi connectivity index (χ2n) is 3.28. The molecular weight excluding hydrogens is 289 g/mol. The van der Waals surface area contributed by atoms with Crippen LogP contribution in [0.2, 0.25) is 0 Å². The smallest absolute Gasteiger partial charge is 0.292 e. The quantitative estimate of drug-likeness (QED) is 0.732. The average molecular weight is 294 g/mol. The van der Waals surface area contributed by atoms with Crippen LogP contribution in [0.3, 0.4) is 0 Å². The van der Waals surface area contributed by atoms with E-state index in [0.717, 1.165) is 12.1 Å². The number of hydrogen-bond donors (Lipinski definition) is 0. The van der Waals surface area contributed by atoms with Gasteiger partial charge in [0, 0.05) is 11.5 Å². The Hall–Kier alpha value is -1.24. The molecule has 7 heteroatoms. The van der Waals surface area contributed by atoms with Gasteiger partial charge in [-0.05, 0) is 28.1 Å². The number of rotatable bonds is 0. The highest BCUT2D eigenvalue weighted by atomic mass is 79.9. The van der Waals surface area contributed by atoms with Crippen LogP contribution in [0.5, 0.6) is 6.01 Å². The van der Waals surface area contributed by atoms with E-state index in [0.29, 0.717) is 5.52 Å². The molecule has 16 heavy (non-hydrogen) atoms. The second kappa shape index (κ2) is 3.38. The van der Waals surface area contributed by atoms with Gasteiger partial charge in [0.15, 0.2) is 0 Å². The third-order valence-corrected chi connectivity index (χ3v) is 2.81. The van der Waals surface area contributed by atoms with E-state index in [4.69, 9.17) is 0 Å². The maximum atomic E-state index is 12.5. The molecule has 0 aliphatic rings. The second-order valence-corrected chi connectivity index (χ2v) is 4.13. The summed E-state index contributed by atoms with van der Waals surface area (Å²) >= 11 is 3.00. The summed E-state index contributed by atoms with van der Waals surface area (Å²) in [5.41, 5.74) is -0.433. The van der Waals surface area contributed by atoms with Crippen molar-refractivity contribution in [3.05, 3.63) is 22.2 Å². The Balaban J connectivity index is 2.79. The number of alkyl halides is 3. The molecule has 0 amide bonds. The molecule has 0 aliphatic carbocycles. The van der Waals surface area contributed by atoms with Gasteiger partial charge in [-0.2, -0.15) is 18.2 Å². The van der Waals surface area contributed by atoms with Gasteiger partial charge in [0.2, 0.25) is 0 Å². The molecule has 0 unspecified atom stereocenters. The Morgan fingerprint density at radius 3 is 2.56 bits per heavy atom. The Morgan fingerprint density at radius 2 is 2.00 bits per heavy atom. The maximum absolute atomic E-state index is 12.5. The first-order chi connectivity index (χ1) is 7.30. The van der Waals surface area contributed by atoms with E-state index in [9.17, 15) is 18.3 Å². The minimum absolute atomic E-state index is 0.0363. The average Bonchev–Trinajstić information content (AvgIpc) is 2.41. The standard InChI is InChI=1S/C9H5BrF3N2O/c1-15-7-5(10)2-4(9(11,12)13)3-6(7)14-8(15)16/h2-3H,1H3. The first-order valence-corrected chi connectivity index (χ1v) is 5.00. The summed E-state index contributed by atoms with van der Waals surface area (Å²) in [6.45, 7) is 0. The van der Waals surface area contributed by atoms with Crippen LogP contribution in [0, 0.1) is 0 Å². The third kappa shape index (κ3) is 1.64. The van der Waals surface area contributed by atoms with E-state index < -0.39 is 17.8 Å². The van der Waals surface area contributed by atoms with Crippen LogP contribution in [0.1, 0.15) is 5.56 Å². The third-order valence-electron chi connectivity index (χ3n) is 2.21. The predicted octanol–water partition coefficient (Wildman–Crippen LogP) is 3.50. The van der Waals surface area contributed by atoms with E-state index in [-0.39, 0.29) is 9.99 Å². The zero-order chi connectivity index (χ0) is 12.1. The predicted molar refractivity (Wildman–Crippen MR) is 53.5 cm³/mol. The van der Waals surface area contributed by atoms with Crippen molar-refractivity contribution in [3.63, 3.8) is 0 Å². The Kier molecular flexibility index (Phi) is 2.37. The molecule has 1 heterocycles. The van der Waals surface area contributed by atoms with E-state index in [2.05, 4.69) is 20.9 Å². The molecule has 0 saturated heterocycles. The summed E-state index contributed by atoms with van der Waals surface area (Å²) in [5, 5.41) is 11.2. The monoisotopic (exact) mass is 293 g/mol. The lowest BCUT2D eigenvalue weighted by Gasteiger charge is -2.07. The van der Waals surface area contributed by atoms with Crippen molar-refractivity contribution in [2.24, 2.45) is 7.05 Å². The van der Waals surface area contributed by atoms with Crippen LogP contribution < -0.4 is 0 Å². The van der Waals surface area contributed by atoms with Crippen molar-refractivity contribution in [2.75, 3.05) is 0 Å². The summed E-state index contributed by atoms with van der Waals surface area (Å²) in [6, 6.07) is 1.22. The highest BCUT2D eigenvalue weighted by molar-refractivity contribution is 9.10. The van der Waals surface area contributed by atoms with Crippen LogP contribution in [0.15, 0.2) is 16.6 Å². The number of imidazole rings is 1. The number of nitrogens with zero attached hydrogens (tertiary/aromatic N) is 2. The van der Waals surface area contributed by atoms with Crippen LogP contribution in [-0.4, -0.2) is 9.55 Å². The fourth-order valence-corrected chi connectivity index (χ4v) is 2.15. The van der Waals surface area contributed by atoms with Gasteiger partial charge in [-0.1, -0.05) is 0 Å². The van der Waals surface area contributed by atoms with Crippen LogP contribution >= 0.6 is 15.9 Å². The molecule has 85 valence electrons. The first-order valence-electron chi connectivity index (χ1n) is 4.21. The molecular formula is C9H5BrF3N2O. The van der Waals surface area contributed by atoms with Gasteiger partial charge in [0.1, 0.15) is 0 Å². The molecule has 0 N–H and O–H groups in total. The van der Waals surface area contributed by atoms with E-state index >= 15 is 0 Å². The molecule has 0 atom stereocenters. The topological polar surface area (TPSA) is 37.7 Å². The van der Waals surface area contributed by atoms with E-state index in [1.165, 1.54) is 11.6 Å². The van der Waals surface area contributed by atoms with Crippen molar-refractivity contribution in [3.8, 4) is 6.01 Å². The number of fused-ring (bicyclic) bond motifs is 1. The van der Waals surface area contributed by atoms with Gasteiger partial charge >= 0.3 is 12.2 Å². The van der Waals surface area contributed by atoms with Gasteiger partial charge in [0.05, 0.1) is 16.6 Å². The van der Waals surface area contributed by atoms with Crippen molar-refractivity contribution in [1.29, 1.82) is 0 Å². The van der Waals surface area contributed by atoms with Gasteiger partial charge in [-0.15, -0.1) is 0 Å². The van der Waals surface area contributed by atoms with Crippen LogP contribution in [0.25, 0.3) is 11.0 Å². The number of benzene rings is 1. The highest BCUT2D eigenvalue weighted by Crippen LogP contribution is 2.36. The molecule has 1 radical (unpaired) electrons. The normalized spacial score (nSPS) is 12.3. The number of hydrogen-bond acceptors (Lipinski definition) is 1. The largest absolute Gasteiger partial charge is 0.416 e. The van der Waals surface area contributed by atoms with E-state index in [1.807, 2.05) is 0 Å². The minimum atomic E-state index is -4.45. The summed E-state index contributed by atoms with van der Waals surface area (Å²) in [7, 11) is 1.45. The number of halogens is 4. The Bertz CT molecular complexity index is 562. The summed E-state index contributed by atoms with van der Waals surface area (Å²) in [6.07, 6.45) is -4.45. The molecule has 3 nitrogen and oxygen atoms in total. The van der Waals surface area contributed by atoms with E-state index in [1.54, 1.807) is 0 Å². The zero-order valence-corrected chi connectivity index (χ0v) is 9.56. The zero-order valence-electron chi connectivity index (χ0n) is 7.97. The molecule has 1 aromatic heterocycles. The van der Waals surface area contributed by atoms with Crippen LogP contribution in [0.4, 0.5) is 13.2 Å². The van der Waals surface area contributed by atoms with Gasteiger partial charge in [-0.3, -0.25) is 4.57 Å². The van der Waals surface area contributed by atoms with Crippen LogP contribution in [-0.2, 0) is 18.3 Å². The molecule has 0 saturated carbocycles. The molecule has 0 bridgehead atoms. The fraction of sp³-hybridized carbons (Fsp3) is 0.222. The first kappa shape index (κ1) is 11.3. The van der Waals surface area contributed by atoms with Gasteiger partial charge in [0.25, 0.3) is 0 Å². The molecule has 2 aromatic rings. The molecule has 0 fully saturated rings. The molecule has 0 spiro atoms. The SMILES string of the molecule is Cn1c([O])nc2cc(C(F)(F)F)cc(Br)c21. The van der Waals surface area contributed by atoms with Crippen molar-refractivity contribution in [1.82, 2.24) is 9.55 Å². The fourth-order valence-electron chi connectivity index (χ4n) is 1.44.